The Kier molecular flexibility index (Phi) is 1.45. The number of carbonyl (C=O) groups excluding carboxylic acids is 1. The molecule has 0 aliphatic heterocycles. The molecular weight excluding hydrogens is 172 g/mol. The van der Waals surface area contributed by atoms with E-state index in [0.717, 1.165) is 6.42 Å². The monoisotopic (exact) mass is 186 g/mol. The summed E-state index contributed by atoms with van der Waals surface area (Å²) < 4.78 is 0. The molecule has 2 saturated carbocycles. The molecule has 1 aromatic carbocycles. The Labute approximate surface area is 84.1 Å². The SMILES string of the molecule is C[C@H]1C(=O)C[C@]2(c3ccccc3)C[C@H]12. The molecule has 1 nitrogen and oxygen atoms in total. The molecule has 14 heavy (non-hydrogen) atoms. The molecule has 72 valence electrons. The summed E-state index contributed by atoms with van der Waals surface area (Å²) in [5.41, 5.74) is 1.63. The van der Waals surface area contributed by atoms with Gasteiger partial charge in [0.25, 0.3) is 0 Å². The fourth-order valence-electron chi connectivity index (χ4n) is 3.09. The third-order valence-electron chi connectivity index (χ3n) is 4.08. The van der Waals surface area contributed by atoms with Crippen molar-refractivity contribution < 1.29 is 4.79 Å². The summed E-state index contributed by atoms with van der Waals surface area (Å²) in [6, 6.07) is 10.5. The summed E-state index contributed by atoms with van der Waals surface area (Å²) in [6.07, 6.45) is 2.01. The molecule has 0 saturated heterocycles. The van der Waals surface area contributed by atoms with Crippen LogP contribution in [-0.4, -0.2) is 5.78 Å². The number of hydrogen-bond acceptors (Lipinski definition) is 1. The third kappa shape index (κ3) is 0.875. The summed E-state index contributed by atoms with van der Waals surface area (Å²) in [5, 5.41) is 0. The van der Waals surface area contributed by atoms with Gasteiger partial charge in [-0.15, -0.1) is 0 Å². The van der Waals surface area contributed by atoms with Gasteiger partial charge in [0.15, 0.2) is 0 Å². The molecule has 0 radical (unpaired) electrons. The van der Waals surface area contributed by atoms with Crippen molar-refractivity contribution in [1.29, 1.82) is 0 Å². The lowest BCUT2D eigenvalue weighted by atomic mass is 9.93. The number of rotatable bonds is 1. The van der Waals surface area contributed by atoms with Crippen molar-refractivity contribution in [2.24, 2.45) is 11.8 Å². The molecule has 1 aromatic rings. The lowest BCUT2D eigenvalue weighted by Crippen LogP contribution is -2.08. The van der Waals surface area contributed by atoms with Crippen molar-refractivity contribution >= 4 is 5.78 Å². The van der Waals surface area contributed by atoms with Crippen LogP contribution >= 0.6 is 0 Å². The van der Waals surface area contributed by atoms with Gasteiger partial charge in [-0.3, -0.25) is 4.79 Å². The largest absolute Gasteiger partial charge is 0.299 e. The van der Waals surface area contributed by atoms with Crippen LogP contribution in [-0.2, 0) is 10.2 Å². The predicted octanol–water partition coefficient (Wildman–Crippen LogP) is 2.55. The summed E-state index contributed by atoms with van der Waals surface area (Å²) in [6.45, 7) is 2.09. The van der Waals surface area contributed by atoms with Crippen molar-refractivity contribution in [3.8, 4) is 0 Å². The van der Waals surface area contributed by atoms with E-state index in [1.54, 1.807) is 0 Å². The Hall–Kier alpha value is -1.11. The zero-order chi connectivity index (χ0) is 9.76. The second-order valence-electron chi connectivity index (χ2n) is 4.76. The summed E-state index contributed by atoms with van der Waals surface area (Å²) in [5.74, 6) is 1.40. The van der Waals surface area contributed by atoms with Crippen molar-refractivity contribution in [3.05, 3.63) is 35.9 Å². The first-order chi connectivity index (χ1) is 6.74. The quantitative estimate of drug-likeness (QED) is 0.658. The first-order valence-corrected chi connectivity index (χ1v) is 5.32. The lowest BCUT2D eigenvalue weighted by molar-refractivity contribution is -0.121. The van der Waals surface area contributed by atoms with E-state index in [1.807, 2.05) is 6.07 Å². The van der Waals surface area contributed by atoms with Gasteiger partial charge in [-0.05, 0) is 17.9 Å². The number of Topliss-reactive ketones (excluding diaryl/α,β-unsaturated/α-hetero) is 1. The minimum atomic E-state index is 0.248. The predicted molar refractivity (Wildman–Crippen MR) is 55.0 cm³/mol. The Morgan fingerprint density at radius 2 is 2.00 bits per heavy atom. The van der Waals surface area contributed by atoms with Crippen LogP contribution in [0.5, 0.6) is 0 Å². The van der Waals surface area contributed by atoms with Gasteiger partial charge in [0.2, 0.25) is 0 Å². The highest BCUT2D eigenvalue weighted by Gasteiger charge is 2.64. The van der Waals surface area contributed by atoms with Crippen LogP contribution in [0, 0.1) is 11.8 Å². The molecule has 0 N–H and O–H groups in total. The molecular formula is C13H14O. The Morgan fingerprint density at radius 1 is 1.29 bits per heavy atom. The first kappa shape index (κ1) is 8.22. The molecule has 1 heteroatoms. The maximum Gasteiger partial charge on any atom is 0.136 e. The third-order valence-corrected chi connectivity index (χ3v) is 4.08. The number of carbonyl (C=O) groups is 1. The van der Waals surface area contributed by atoms with Gasteiger partial charge in [-0.2, -0.15) is 0 Å². The topological polar surface area (TPSA) is 17.1 Å². The Morgan fingerprint density at radius 3 is 2.57 bits per heavy atom. The molecule has 0 bridgehead atoms. The minimum Gasteiger partial charge on any atom is -0.299 e. The van der Waals surface area contributed by atoms with Gasteiger partial charge >= 0.3 is 0 Å². The Balaban J connectivity index is 1.99. The first-order valence-electron chi connectivity index (χ1n) is 5.32. The fraction of sp³-hybridized carbons (Fsp3) is 0.462. The van der Waals surface area contributed by atoms with Gasteiger partial charge in [-0.25, -0.2) is 0 Å². The second-order valence-corrected chi connectivity index (χ2v) is 4.76. The molecule has 0 unspecified atom stereocenters. The standard InChI is InChI=1S/C13H14O/c1-9-11-7-13(11,8-12(9)14)10-5-3-2-4-6-10/h2-6,9,11H,7-8H2,1H3/t9-,11-,13+/m1/s1. The average Bonchev–Trinajstić information content (AvgIpc) is 2.88. The van der Waals surface area contributed by atoms with Crippen LogP contribution < -0.4 is 0 Å². The molecule has 2 aliphatic carbocycles. The summed E-state index contributed by atoms with van der Waals surface area (Å²) in [4.78, 5) is 11.6. The minimum absolute atomic E-state index is 0.248. The van der Waals surface area contributed by atoms with Crippen LogP contribution in [0.25, 0.3) is 0 Å². The normalized spacial score (nSPS) is 39.6. The number of benzene rings is 1. The van der Waals surface area contributed by atoms with E-state index in [9.17, 15) is 4.79 Å². The summed E-state index contributed by atoms with van der Waals surface area (Å²) in [7, 11) is 0. The number of fused-ring (bicyclic) bond motifs is 1. The zero-order valence-electron chi connectivity index (χ0n) is 8.36. The highest BCUT2D eigenvalue weighted by Crippen LogP contribution is 2.65. The van der Waals surface area contributed by atoms with Gasteiger partial charge in [0, 0.05) is 17.8 Å². The molecule has 2 fully saturated rings. The van der Waals surface area contributed by atoms with Gasteiger partial charge in [-0.1, -0.05) is 37.3 Å². The van der Waals surface area contributed by atoms with E-state index < -0.39 is 0 Å². The molecule has 0 heterocycles. The van der Waals surface area contributed by atoms with E-state index in [1.165, 1.54) is 12.0 Å². The molecule has 3 rings (SSSR count). The van der Waals surface area contributed by atoms with Gasteiger partial charge < -0.3 is 0 Å². The van der Waals surface area contributed by atoms with E-state index in [4.69, 9.17) is 0 Å². The highest BCUT2D eigenvalue weighted by molar-refractivity contribution is 5.87. The second kappa shape index (κ2) is 2.47. The molecule has 0 aromatic heterocycles. The Bertz CT molecular complexity index is 381. The van der Waals surface area contributed by atoms with Crippen molar-refractivity contribution in [1.82, 2.24) is 0 Å². The number of hydrogen-bond donors (Lipinski definition) is 0. The zero-order valence-corrected chi connectivity index (χ0v) is 8.36. The molecule has 0 amide bonds. The highest BCUT2D eigenvalue weighted by atomic mass is 16.1. The van der Waals surface area contributed by atoms with E-state index in [2.05, 4.69) is 31.2 Å². The van der Waals surface area contributed by atoms with E-state index >= 15 is 0 Å². The lowest BCUT2D eigenvalue weighted by Gasteiger charge is -2.10. The van der Waals surface area contributed by atoms with Crippen LogP contribution in [0.3, 0.4) is 0 Å². The van der Waals surface area contributed by atoms with Crippen molar-refractivity contribution in [2.75, 3.05) is 0 Å². The van der Waals surface area contributed by atoms with Crippen LogP contribution in [0.4, 0.5) is 0 Å². The summed E-state index contributed by atoms with van der Waals surface area (Å²) >= 11 is 0. The van der Waals surface area contributed by atoms with Crippen LogP contribution in [0.1, 0.15) is 25.3 Å². The van der Waals surface area contributed by atoms with Gasteiger partial charge in [0.1, 0.15) is 5.78 Å². The smallest absolute Gasteiger partial charge is 0.136 e. The molecule has 2 aliphatic rings. The molecule has 0 spiro atoms. The number of ketones is 1. The maximum atomic E-state index is 11.6. The van der Waals surface area contributed by atoms with Crippen LogP contribution in [0.2, 0.25) is 0 Å². The van der Waals surface area contributed by atoms with Crippen molar-refractivity contribution in [2.45, 2.75) is 25.2 Å². The fourth-order valence-corrected chi connectivity index (χ4v) is 3.09. The average molecular weight is 186 g/mol. The van der Waals surface area contributed by atoms with Crippen molar-refractivity contribution in [3.63, 3.8) is 0 Å². The van der Waals surface area contributed by atoms with E-state index in [-0.39, 0.29) is 5.41 Å². The van der Waals surface area contributed by atoms with Gasteiger partial charge in [0.05, 0.1) is 0 Å². The maximum absolute atomic E-state index is 11.6. The van der Waals surface area contributed by atoms with Crippen LogP contribution in [0.15, 0.2) is 30.3 Å². The molecule has 3 atom stereocenters. The van der Waals surface area contributed by atoms with E-state index in [0.29, 0.717) is 17.6 Å².